The van der Waals surface area contributed by atoms with Crippen LogP contribution >= 0.6 is 12.2 Å². The fourth-order valence-electron chi connectivity index (χ4n) is 2.30. The van der Waals surface area contributed by atoms with E-state index >= 15 is 0 Å². The van der Waals surface area contributed by atoms with Crippen LogP contribution in [0.25, 0.3) is 0 Å². The zero-order valence-corrected chi connectivity index (χ0v) is 17.4. The molecule has 0 saturated carbocycles. The molecule has 156 valence electrons. The quantitative estimate of drug-likeness (QED) is 0.428. The van der Waals surface area contributed by atoms with Crippen LogP contribution in [0.2, 0.25) is 0 Å². The van der Waals surface area contributed by atoms with Crippen molar-refractivity contribution in [3.63, 3.8) is 0 Å². The molecule has 1 amide bonds. The van der Waals surface area contributed by atoms with Crippen LogP contribution in [0.4, 0.5) is 5.69 Å². The first kappa shape index (κ1) is 22.6. The van der Waals surface area contributed by atoms with E-state index in [1.807, 2.05) is 31.2 Å². The Hall–Kier alpha value is -2.68. The maximum Gasteiger partial charge on any atom is 0.257 e. The van der Waals surface area contributed by atoms with Crippen LogP contribution in [0, 0.1) is 0 Å². The minimum atomic E-state index is -0.322. The van der Waals surface area contributed by atoms with Gasteiger partial charge in [-0.15, -0.1) is 0 Å². The Morgan fingerprint density at radius 3 is 2.41 bits per heavy atom. The van der Waals surface area contributed by atoms with Crippen molar-refractivity contribution in [2.75, 3.05) is 45.5 Å². The SMILES string of the molecule is CCOCCOc1cccc(C(=O)NC(=S)Nc2ccc(OCCOC)cc2)c1. The Labute approximate surface area is 176 Å². The molecule has 0 unspecified atom stereocenters. The van der Waals surface area contributed by atoms with Gasteiger partial charge in [-0.25, -0.2) is 0 Å². The summed E-state index contributed by atoms with van der Waals surface area (Å²) in [6, 6.07) is 14.1. The molecule has 0 radical (unpaired) electrons. The van der Waals surface area contributed by atoms with Gasteiger partial charge < -0.3 is 24.3 Å². The molecule has 2 N–H and O–H groups in total. The van der Waals surface area contributed by atoms with E-state index in [4.69, 9.17) is 31.2 Å². The van der Waals surface area contributed by atoms with E-state index in [2.05, 4.69) is 10.6 Å². The zero-order chi connectivity index (χ0) is 20.9. The van der Waals surface area contributed by atoms with E-state index in [0.717, 1.165) is 11.4 Å². The van der Waals surface area contributed by atoms with Gasteiger partial charge in [-0.05, 0) is 61.6 Å². The summed E-state index contributed by atoms with van der Waals surface area (Å²) in [5.74, 6) is 1.00. The highest BCUT2D eigenvalue weighted by Crippen LogP contribution is 2.16. The lowest BCUT2D eigenvalue weighted by Crippen LogP contribution is -2.34. The number of methoxy groups -OCH3 is 1. The van der Waals surface area contributed by atoms with Crippen molar-refractivity contribution in [3.8, 4) is 11.5 Å². The third-order valence-electron chi connectivity index (χ3n) is 3.69. The maximum absolute atomic E-state index is 12.4. The van der Waals surface area contributed by atoms with Gasteiger partial charge in [0.2, 0.25) is 0 Å². The molecule has 0 spiro atoms. The first-order valence-corrected chi connectivity index (χ1v) is 9.68. The summed E-state index contributed by atoms with van der Waals surface area (Å²) >= 11 is 5.22. The smallest absolute Gasteiger partial charge is 0.257 e. The van der Waals surface area contributed by atoms with E-state index in [1.165, 1.54) is 0 Å². The Balaban J connectivity index is 1.83. The van der Waals surface area contributed by atoms with Gasteiger partial charge >= 0.3 is 0 Å². The number of carbonyl (C=O) groups excluding carboxylic acids is 1. The molecule has 29 heavy (non-hydrogen) atoms. The predicted octanol–water partition coefficient (Wildman–Crippen LogP) is 3.25. The lowest BCUT2D eigenvalue weighted by molar-refractivity contribution is 0.0976. The van der Waals surface area contributed by atoms with Crippen LogP contribution in [-0.4, -0.2) is 51.2 Å². The average molecular weight is 419 g/mol. The van der Waals surface area contributed by atoms with E-state index in [1.54, 1.807) is 31.4 Å². The molecule has 2 aromatic carbocycles. The van der Waals surface area contributed by atoms with Crippen molar-refractivity contribution in [2.24, 2.45) is 0 Å². The second kappa shape index (κ2) is 12.7. The third kappa shape index (κ3) is 8.47. The molecule has 0 bridgehead atoms. The first-order chi connectivity index (χ1) is 14.1. The molecule has 0 heterocycles. The Morgan fingerprint density at radius 1 is 0.966 bits per heavy atom. The van der Waals surface area contributed by atoms with Crippen LogP contribution in [0.3, 0.4) is 0 Å². The summed E-state index contributed by atoms with van der Waals surface area (Å²) in [5, 5.41) is 5.83. The first-order valence-electron chi connectivity index (χ1n) is 9.27. The van der Waals surface area contributed by atoms with Crippen molar-refractivity contribution < 1.29 is 23.7 Å². The summed E-state index contributed by atoms with van der Waals surface area (Å²) in [4.78, 5) is 12.4. The van der Waals surface area contributed by atoms with Crippen molar-refractivity contribution >= 4 is 28.9 Å². The molecule has 2 rings (SSSR count). The van der Waals surface area contributed by atoms with Gasteiger partial charge in [0.05, 0.1) is 13.2 Å². The van der Waals surface area contributed by atoms with E-state index in [9.17, 15) is 4.79 Å². The standard InChI is InChI=1S/C21H26N2O5S/c1-3-26-12-14-28-19-6-4-5-16(15-19)20(24)23-21(29)22-17-7-9-18(10-8-17)27-13-11-25-2/h4-10,15H,3,11-14H2,1-2H3,(H2,22,23,24,29). The lowest BCUT2D eigenvalue weighted by Gasteiger charge is -2.11. The van der Waals surface area contributed by atoms with Gasteiger partial charge in [-0.2, -0.15) is 0 Å². The highest BCUT2D eigenvalue weighted by atomic mass is 32.1. The van der Waals surface area contributed by atoms with Crippen molar-refractivity contribution in [2.45, 2.75) is 6.92 Å². The zero-order valence-electron chi connectivity index (χ0n) is 16.6. The fourth-order valence-corrected chi connectivity index (χ4v) is 2.52. The molecular formula is C21H26N2O5S. The summed E-state index contributed by atoms with van der Waals surface area (Å²) < 4.78 is 21.3. The molecule has 7 nitrogen and oxygen atoms in total. The number of hydrogen-bond donors (Lipinski definition) is 2. The molecule has 0 saturated heterocycles. The number of amides is 1. The molecule has 0 fully saturated rings. The summed E-state index contributed by atoms with van der Waals surface area (Å²) in [6.45, 7) is 4.48. The van der Waals surface area contributed by atoms with Gasteiger partial charge in [0, 0.05) is 25.0 Å². The van der Waals surface area contributed by atoms with Gasteiger partial charge in [0.25, 0.3) is 5.91 Å². The molecule has 0 aliphatic carbocycles. The number of carbonyl (C=O) groups is 1. The maximum atomic E-state index is 12.4. The van der Waals surface area contributed by atoms with Crippen LogP contribution in [0.5, 0.6) is 11.5 Å². The summed E-state index contributed by atoms with van der Waals surface area (Å²) in [6.07, 6.45) is 0. The van der Waals surface area contributed by atoms with Crippen LogP contribution < -0.4 is 20.1 Å². The van der Waals surface area contributed by atoms with Gasteiger partial charge in [-0.3, -0.25) is 10.1 Å². The average Bonchev–Trinajstić information content (AvgIpc) is 2.73. The predicted molar refractivity (Wildman–Crippen MR) is 116 cm³/mol. The summed E-state index contributed by atoms with van der Waals surface area (Å²) in [7, 11) is 1.62. The minimum Gasteiger partial charge on any atom is -0.491 e. The van der Waals surface area contributed by atoms with Crippen molar-refractivity contribution in [1.82, 2.24) is 5.32 Å². The molecule has 0 aliphatic rings. The number of anilines is 1. The third-order valence-corrected chi connectivity index (χ3v) is 3.90. The molecule has 2 aromatic rings. The Kier molecular flexibility index (Phi) is 9.91. The number of ether oxygens (including phenoxy) is 4. The van der Waals surface area contributed by atoms with Crippen molar-refractivity contribution in [3.05, 3.63) is 54.1 Å². The molecular weight excluding hydrogens is 392 g/mol. The van der Waals surface area contributed by atoms with E-state index < -0.39 is 0 Å². The molecule has 0 aliphatic heterocycles. The van der Waals surface area contributed by atoms with E-state index in [-0.39, 0.29) is 11.0 Å². The van der Waals surface area contributed by atoms with Gasteiger partial charge in [0.1, 0.15) is 24.7 Å². The molecule has 0 atom stereocenters. The summed E-state index contributed by atoms with van der Waals surface area (Å²) in [5.41, 5.74) is 1.19. The van der Waals surface area contributed by atoms with Crippen LogP contribution in [0.15, 0.2) is 48.5 Å². The number of rotatable bonds is 11. The highest BCUT2D eigenvalue weighted by molar-refractivity contribution is 7.80. The fraction of sp³-hybridized carbons (Fsp3) is 0.333. The lowest BCUT2D eigenvalue weighted by atomic mass is 10.2. The Bertz CT molecular complexity index is 783. The topological polar surface area (TPSA) is 78.1 Å². The second-order valence-electron chi connectivity index (χ2n) is 5.85. The van der Waals surface area contributed by atoms with Crippen LogP contribution in [-0.2, 0) is 9.47 Å². The van der Waals surface area contributed by atoms with Gasteiger partial charge in [-0.1, -0.05) is 6.07 Å². The normalized spacial score (nSPS) is 10.3. The Morgan fingerprint density at radius 2 is 1.69 bits per heavy atom. The van der Waals surface area contributed by atoms with Crippen molar-refractivity contribution in [1.29, 1.82) is 0 Å². The highest BCUT2D eigenvalue weighted by Gasteiger charge is 2.09. The molecule has 0 aromatic heterocycles. The number of nitrogens with one attached hydrogen (secondary N) is 2. The number of hydrogen-bond acceptors (Lipinski definition) is 6. The van der Waals surface area contributed by atoms with Gasteiger partial charge in [0.15, 0.2) is 5.11 Å². The van der Waals surface area contributed by atoms with Crippen LogP contribution in [0.1, 0.15) is 17.3 Å². The molecule has 8 heteroatoms. The monoisotopic (exact) mass is 418 g/mol. The largest absolute Gasteiger partial charge is 0.491 e. The minimum absolute atomic E-state index is 0.200. The van der Waals surface area contributed by atoms with E-state index in [0.29, 0.717) is 44.3 Å². The number of benzene rings is 2. The second-order valence-corrected chi connectivity index (χ2v) is 6.26. The number of thiocarbonyl (C=S) groups is 1.